The fourth-order valence-corrected chi connectivity index (χ4v) is 2.84. The summed E-state index contributed by atoms with van der Waals surface area (Å²) in [6.07, 6.45) is 0. The molecule has 0 unspecified atom stereocenters. The Labute approximate surface area is 124 Å². The van der Waals surface area contributed by atoms with E-state index >= 15 is 0 Å². The van der Waals surface area contributed by atoms with Gasteiger partial charge >= 0.3 is 0 Å². The van der Waals surface area contributed by atoms with Crippen molar-refractivity contribution < 1.29 is 0 Å². The van der Waals surface area contributed by atoms with Crippen LogP contribution in [0.1, 0.15) is 23.6 Å². The van der Waals surface area contributed by atoms with Gasteiger partial charge in [-0.1, -0.05) is 43.3 Å². The molecule has 20 heavy (non-hydrogen) atoms. The number of thioether (sulfide) groups is 1. The number of nitrogens with zero attached hydrogens (tertiary/aromatic N) is 1. The van der Waals surface area contributed by atoms with Crippen LogP contribution in [0, 0.1) is 11.3 Å². The van der Waals surface area contributed by atoms with E-state index in [0.29, 0.717) is 0 Å². The minimum absolute atomic E-state index is 0.765. The molecule has 102 valence electrons. The average Bonchev–Trinajstić information content (AvgIpc) is 2.52. The molecule has 0 bridgehead atoms. The first-order valence-corrected chi connectivity index (χ1v) is 7.72. The summed E-state index contributed by atoms with van der Waals surface area (Å²) < 4.78 is 0. The second-order valence-corrected chi connectivity index (χ2v) is 5.51. The summed E-state index contributed by atoms with van der Waals surface area (Å²) in [6, 6.07) is 18.8. The predicted octanol–water partition coefficient (Wildman–Crippen LogP) is 3.96. The van der Waals surface area contributed by atoms with Gasteiger partial charge in [-0.15, -0.1) is 11.8 Å². The predicted molar refractivity (Wildman–Crippen MR) is 84.5 cm³/mol. The fraction of sp³-hybridized carbons (Fsp3) is 0.235. The maximum atomic E-state index is 9.28. The minimum atomic E-state index is 0.765. The zero-order valence-corrected chi connectivity index (χ0v) is 12.4. The molecule has 2 rings (SSSR count). The van der Waals surface area contributed by atoms with Crippen LogP contribution in [-0.4, -0.2) is 6.54 Å². The smallest absolute Gasteiger partial charge is 0.100 e. The summed E-state index contributed by atoms with van der Waals surface area (Å²) in [5.74, 6) is 0.891. The molecule has 2 aromatic carbocycles. The molecule has 3 heteroatoms. The first-order valence-electron chi connectivity index (χ1n) is 6.74. The lowest BCUT2D eigenvalue weighted by atomic mass is 10.1. The summed E-state index contributed by atoms with van der Waals surface area (Å²) >= 11 is 1.71. The lowest BCUT2D eigenvalue weighted by Gasteiger charge is -2.07. The highest BCUT2D eigenvalue weighted by Crippen LogP contribution is 2.26. The fourth-order valence-electron chi connectivity index (χ4n) is 1.90. The summed E-state index contributed by atoms with van der Waals surface area (Å²) in [7, 11) is 0. The van der Waals surface area contributed by atoms with Gasteiger partial charge in [-0.2, -0.15) is 5.26 Å². The molecule has 0 spiro atoms. The largest absolute Gasteiger partial charge is 0.313 e. The molecule has 2 nitrogen and oxygen atoms in total. The molecule has 0 aliphatic carbocycles. The van der Waals surface area contributed by atoms with Crippen molar-refractivity contribution in [1.82, 2.24) is 5.32 Å². The Morgan fingerprint density at radius 1 is 1.10 bits per heavy atom. The van der Waals surface area contributed by atoms with Crippen LogP contribution >= 0.6 is 11.8 Å². The normalized spacial score (nSPS) is 10.2. The Kier molecular flexibility index (Phi) is 5.67. The van der Waals surface area contributed by atoms with Gasteiger partial charge in [0.15, 0.2) is 0 Å². The van der Waals surface area contributed by atoms with Crippen LogP contribution in [0.25, 0.3) is 0 Å². The van der Waals surface area contributed by atoms with Gasteiger partial charge in [-0.25, -0.2) is 0 Å². The third-order valence-electron chi connectivity index (χ3n) is 2.98. The molecule has 0 saturated heterocycles. The molecule has 0 atom stereocenters. The van der Waals surface area contributed by atoms with Gasteiger partial charge in [-0.3, -0.25) is 0 Å². The maximum absolute atomic E-state index is 9.28. The Balaban J connectivity index is 2.06. The molecular weight excluding hydrogens is 264 g/mol. The van der Waals surface area contributed by atoms with E-state index in [0.717, 1.165) is 34.9 Å². The van der Waals surface area contributed by atoms with Gasteiger partial charge in [0.2, 0.25) is 0 Å². The molecule has 0 aliphatic heterocycles. The second-order valence-electron chi connectivity index (χ2n) is 4.50. The topological polar surface area (TPSA) is 35.8 Å². The van der Waals surface area contributed by atoms with Crippen LogP contribution in [0.4, 0.5) is 0 Å². The lowest BCUT2D eigenvalue weighted by molar-refractivity contribution is 0.726. The zero-order chi connectivity index (χ0) is 14.2. The second kappa shape index (κ2) is 7.74. The van der Waals surface area contributed by atoms with Crippen LogP contribution < -0.4 is 5.32 Å². The van der Waals surface area contributed by atoms with Gasteiger partial charge in [0.1, 0.15) is 6.07 Å². The van der Waals surface area contributed by atoms with Gasteiger partial charge < -0.3 is 5.32 Å². The van der Waals surface area contributed by atoms with Gasteiger partial charge in [0, 0.05) is 17.2 Å². The number of hydrogen-bond donors (Lipinski definition) is 1. The summed E-state index contributed by atoms with van der Waals surface area (Å²) in [4.78, 5) is 1.05. The molecule has 0 saturated carbocycles. The quantitative estimate of drug-likeness (QED) is 0.815. The van der Waals surface area contributed by atoms with E-state index in [1.54, 1.807) is 11.8 Å². The van der Waals surface area contributed by atoms with Gasteiger partial charge in [0.25, 0.3) is 0 Å². The molecule has 0 amide bonds. The Bertz CT molecular complexity index is 588. The highest BCUT2D eigenvalue weighted by atomic mass is 32.2. The number of rotatable bonds is 6. The highest BCUT2D eigenvalue weighted by Gasteiger charge is 2.05. The van der Waals surface area contributed by atoms with Crippen LogP contribution in [0.15, 0.2) is 53.4 Å². The van der Waals surface area contributed by atoms with E-state index in [9.17, 15) is 5.26 Å². The van der Waals surface area contributed by atoms with E-state index < -0.39 is 0 Å². The minimum Gasteiger partial charge on any atom is -0.313 e. The van der Waals surface area contributed by atoms with E-state index in [1.807, 2.05) is 24.3 Å². The Morgan fingerprint density at radius 3 is 2.60 bits per heavy atom. The van der Waals surface area contributed by atoms with Crippen molar-refractivity contribution >= 4 is 11.8 Å². The monoisotopic (exact) mass is 282 g/mol. The van der Waals surface area contributed by atoms with E-state index in [1.165, 1.54) is 5.56 Å². The van der Waals surface area contributed by atoms with E-state index in [-0.39, 0.29) is 0 Å². The average molecular weight is 282 g/mol. The number of nitriles is 1. The highest BCUT2D eigenvalue weighted by molar-refractivity contribution is 7.98. The third kappa shape index (κ3) is 4.12. The first-order chi connectivity index (χ1) is 9.83. The maximum Gasteiger partial charge on any atom is 0.100 e. The number of benzene rings is 2. The Morgan fingerprint density at radius 2 is 1.90 bits per heavy atom. The molecule has 0 radical (unpaired) electrons. The molecule has 0 heterocycles. The van der Waals surface area contributed by atoms with Crippen molar-refractivity contribution in [1.29, 1.82) is 5.26 Å². The zero-order valence-electron chi connectivity index (χ0n) is 11.6. The van der Waals surface area contributed by atoms with Crippen molar-refractivity contribution in [2.45, 2.75) is 24.1 Å². The van der Waals surface area contributed by atoms with Crippen LogP contribution in [0.5, 0.6) is 0 Å². The number of nitrogens with one attached hydrogen (secondary N) is 1. The molecule has 0 aromatic heterocycles. The SMILES string of the molecule is CCNCc1ccc(SCc2ccccc2)c(C#N)c1. The molecule has 2 aromatic rings. The standard InChI is InChI=1S/C17H18N2S/c1-2-19-12-15-8-9-17(16(10-15)11-18)20-13-14-6-4-3-5-7-14/h3-10,19H,2,12-13H2,1H3. The molecule has 1 N–H and O–H groups in total. The van der Waals surface area contributed by atoms with Crippen molar-refractivity contribution in [3.8, 4) is 6.07 Å². The van der Waals surface area contributed by atoms with Crippen molar-refractivity contribution in [3.63, 3.8) is 0 Å². The summed E-state index contributed by atoms with van der Waals surface area (Å²) in [5, 5.41) is 12.6. The van der Waals surface area contributed by atoms with E-state index in [2.05, 4.69) is 42.6 Å². The van der Waals surface area contributed by atoms with Crippen molar-refractivity contribution in [3.05, 3.63) is 65.2 Å². The van der Waals surface area contributed by atoms with Crippen LogP contribution in [0.3, 0.4) is 0 Å². The summed E-state index contributed by atoms with van der Waals surface area (Å²) in [5.41, 5.74) is 3.20. The van der Waals surface area contributed by atoms with Gasteiger partial charge in [-0.05, 0) is 29.8 Å². The van der Waals surface area contributed by atoms with Gasteiger partial charge in [0.05, 0.1) is 5.56 Å². The van der Waals surface area contributed by atoms with Crippen molar-refractivity contribution in [2.24, 2.45) is 0 Å². The molecular formula is C17H18N2S. The van der Waals surface area contributed by atoms with E-state index in [4.69, 9.17) is 0 Å². The molecule has 0 fully saturated rings. The summed E-state index contributed by atoms with van der Waals surface area (Å²) in [6.45, 7) is 3.83. The lowest BCUT2D eigenvalue weighted by Crippen LogP contribution is -2.11. The first kappa shape index (κ1) is 14.6. The van der Waals surface area contributed by atoms with Crippen LogP contribution in [-0.2, 0) is 12.3 Å². The Hall–Kier alpha value is -1.76. The number of hydrogen-bond acceptors (Lipinski definition) is 3. The molecule has 0 aliphatic rings. The van der Waals surface area contributed by atoms with Crippen LogP contribution in [0.2, 0.25) is 0 Å². The third-order valence-corrected chi connectivity index (χ3v) is 4.13. The van der Waals surface area contributed by atoms with Crippen molar-refractivity contribution in [2.75, 3.05) is 6.54 Å².